The maximum Gasteiger partial charge on any atom is 0.229 e. The Labute approximate surface area is 129 Å². The van der Waals surface area contributed by atoms with E-state index in [1.54, 1.807) is 24.3 Å². The molecule has 0 spiro atoms. The average molecular weight is 315 g/mol. The summed E-state index contributed by atoms with van der Waals surface area (Å²) in [5.41, 5.74) is 0.712. The molecule has 2 N–H and O–H groups in total. The third kappa shape index (κ3) is 7.40. The minimum Gasteiger partial charge on any atom is -0.355 e. The number of nitrogens with one attached hydrogen (secondary N) is 2. The Morgan fingerprint density at radius 1 is 1.15 bits per heavy atom. The number of benzene rings is 1. The zero-order valence-electron chi connectivity index (χ0n) is 11.2. The fourth-order valence-electron chi connectivity index (χ4n) is 1.66. The summed E-state index contributed by atoms with van der Waals surface area (Å²) in [7, 11) is 0. The molecule has 20 heavy (non-hydrogen) atoms. The van der Waals surface area contributed by atoms with Crippen LogP contribution in [0.15, 0.2) is 24.3 Å². The standard InChI is InChI=1S/C14H19ClN2O2S/c15-11-5-4-6-12(9-11)17-13(18)7-2-1-3-8-16-14(19)10-20/h4-6,9,20H,1-3,7-8,10H2,(H,16,19)(H,17,18). The number of hydrogen-bond acceptors (Lipinski definition) is 3. The Morgan fingerprint density at radius 2 is 1.95 bits per heavy atom. The second-order valence-electron chi connectivity index (χ2n) is 4.38. The molecule has 0 heterocycles. The van der Waals surface area contributed by atoms with Gasteiger partial charge in [-0.3, -0.25) is 9.59 Å². The molecular formula is C14H19ClN2O2S. The van der Waals surface area contributed by atoms with Crippen LogP contribution in [-0.2, 0) is 9.59 Å². The molecule has 0 fully saturated rings. The number of carbonyl (C=O) groups is 2. The van der Waals surface area contributed by atoms with Crippen molar-refractivity contribution in [3.05, 3.63) is 29.3 Å². The number of anilines is 1. The van der Waals surface area contributed by atoms with Crippen LogP contribution in [0.4, 0.5) is 5.69 Å². The van der Waals surface area contributed by atoms with E-state index in [-0.39, 0.29) is 17.6 Å². The number of halogens is 1. The Balaban J connectivity index is 2.10. The lowest BCUT2D eigenvalue weighted by Crippen LogP contribution is -2.25. The lowest BCUT2D eigenvalue weighted by atomic mass is 10.2. The molecular weight excluding hydrogens is 296 g/mol. The second-order valence-corrected chi connectivity index (χ2v) is 5.13. The molecule has 0 aliphatic rings. The minimum atomic E-state index is -0.0629. The minimum absolute atomic E-state index is 0.0216. The van der Waals surface area contributed by atoms with Gasteiger partial charge in [0.15, 0.2) is 0 Å². The van der Waals surface area contributed by atoms with E-state index < -0.39 is 0 Å². The van der Waals surface area contributed by atoms with Crippen LogP contribution in [0.25, 0.3) is 0 Å². The molecule has 2 amide bonds. The zero-order chi connectivity index (χ0) is 14.8. The summed E-state index contributed by atoms with van der Waals surface area (Å²) in [6.45, 7) is 0.634. The SMILES string of the molecule is O=C(CS)NCCCCCC(=O)Nc1cccc(Cl)c1. The highest BCUT2D eigenvalue weighted by molar-refractivity contribution is 7.81. The molecule has 110 valence electrons. The van der Waals surface area contributed by atoms with Gasteiger partial charge in [0.05, 0.1) is 5.75 Å². The van der Waals surface area contributed by atoms with Crippen molar-refractivity contribution in [3.8, 4) is 0 Å². The largest absolute Gasteiger partial charge is 0.355 e. The maximum atomic E-state index is 11.7. The van der Waals surface area contributed by atoms with Crippen LogP contribution in [0, 0.1) is 0 Å². The molecule has 0 saturated carbocycles. The van der Waals surface area contributed by atoms with E-state index in [0.29, 0.717) is 23.7 Å². The average Bonchev–Trinajstić information content (AvgIpc) is 2.42. The quantitative estimate of drug-likeness (QED) is 0.510. The van der Waals surface area contributed by atoms with E-state index >= 15 is 0 Å². The Hall–Kier alpha value is -1.20. The number of amides is 2. The van der Waals surface area contributed by atoms with Crippen molar-refractivity contribution < 1.29 is 9.59 Å². The van der Waals surface area contributed by atoms with Crippen LogP contribution in [0.2, 0.25) is 5.02 Å². The van der Waals surface area contributed by atoms with Gasteiger partial charge < -0.3 is 10.6 Å². The maximum absolute atomic E-state index is 11.7. The van der Waals surface area contributed by atoms with Gasteiger partial charge in [-0.05, 0) is 31.0 Å². The molecule has 0 aliphatic heterocycles. The summed E-state index contributed by atoms with van der Waals surface area (Å²) in [6, 6.07) is 7.07. The highest BCUT2D eigenvalue weighted by Gasteiger charge is 2.03. The first kappa shape index (κ1) is 16.9. The highest BCUT2D eigenvalue weighted by Crippen LogP contribution is 2.15. The number of hydrogen-bond donors (Lipinski definition) is 3. The molecule has 0 unspecified atom stereocenters. The Morgan fingerprint density at radius 3 is 2.65 bits per heavy atom. The molecule has 0 aliphatic carbocycles. The summed E-state index contributed by atoms with van der Waals surface area (Å²) in [5.74, 6) is 0.126. The summed E-state index contributed by atoms with van der Waals surface area (Å²) >= 11 is 9.70. The molecule has 1 rings (SSSR count). The Bertz CT molecular complexity index is 455. The van der Waals surface area contributed by atoms with Crippen LogP contribution in [0.3, 0.4) is 0 Å². The number of rotatable bonds is 8. The highest BCUT2D eigenvalue weighted by atomic mass is 35.5. The third-order valence-electron chi connectivity index (χ3n) is 2.65. The van der Waals surface area contributed by atoms with E-state index in [9.17, 15) is 9.59 Å². The van der Waals surface area contributed by atoms with Crippen LogP contribution in [0.1, 0.15) is 25.7 Å². The molecule has 0 saturated heterocycles. The van der Waals surface area contributed by atoms with Gasteiger partial charge in [-0.15, -0.1) is 0 Å². The first-order chi connectivity index (χ1) is 9.61. The van der Waals surface area contributed by atoms with Crippen molar-refractivity contribution in [2.75, 3.05) is 17.6 Å². The summed E-state index contributed by atoms with van der Waals surface area (Å²) < 4.78 is 0. The molecule has 0 aromatic heterocycles. The summed E-state index contributed by atoms with van der Waals surface area (Å²) in [6.07, 6.45) is 3.02. The molecule has 0 atom stereocenters. The summed E-state index contributed by atoms with van der Waals surface area (Å²) in [4.78, 5) is 22.6. The van der Waals surface area contributed by atoms with Gasteiger partial charge >= 0.3 is 0 Å². The number of thiol groups is 1. The van der Waals surface area contributed by atoms with Gasteiger partial charge in [0.1, 0.15) is 0 Å². The van der Waals surface area contributed by atoms with E-state index in [1.165, 1.54) is 0 Å². The monoisotopic (exact) mass is 314 g/mol. The molecule has 6 heteroatoms. The van der Waals surface area contributed by atoms with Gasteiger partial charge in [-0.1, -0.05) is 24.1 Å². The van der Waals surface area contributed by atoms with Crippen LogP contribution < -0.4 is 10.6 Å². The van der Waals surface area contributed by atoms with E-state index in [0.717, 1.165) is 19.3 Å². The summed E-state index contributed by atoms with van der Waals surface area (Å²) in [5, 5.41) is 6.13. The van der Waals surface area contributed by atoms with Crippen LogP contribution >= 0.6 is 24.2 Å². The van der Waals surface area contributed by atoms with E-state index in [4.69, 9.17) is 11.6 Å². The van der Waals surface area contributed by atoms with Crippen molar-refractivity contribution in [2.24, 2.45) is 0 Å². The van der Waals surface area contributed by atoms with Crippen molar-refractivity contribution in [2.45, 2.75) is 25.7 Å². The second kappa shape index (κ2) is 9.66. The molecule has 0 radical (unpaired) electrons. The normalized spacial score (nSPS) is 10.1. The molecule has 4 nitrogen and oxygen atoms in total. The first-order valence-electron chi connectivity index (χ1n) is 6.55. The van der Waals surface area contributed by atoms with Gasteiger partial charge in [0.25, 0.3) is 0 Å². The van der Waals surface area contributed by atoms with Crippen molar-refractivity contribution in [3.63, 3.8) is 0 Å². The fourth-order valence-corrected chi connectivity index (χ4v) is 1.96. The predicted octanol–water partition coefficient (Wildman–Crippen LogP) is 2.88. The van der Waals surface area contributed by atoms with Crippen LogP contribution in [-0.4, -0.2) is 24.1 Å². The van der Waals surface area contributed by atoms with Crippen molar-refractivity contribution in [1.82, 2.24) is 5.32 Å². The molecule has 0 bridgehead atoms. The van der Waals surface area contributed by atoms with Gasteiger partial charge in [-0.2, -0.15) is 12.6 Å². The first-order valence-corrected chi connectivity index (χ1v) is 7.56. The van der Waals surface area contributed by atoms with Gasteiger partial charge in [0.2, 0.25) is 11.8 Å². The molecule has 1 aromatic carbocycles. The van der Waals surface area contributed by atoms with Crippen molar-refractivity contribution >= 4 is 41.7 Å². The van der Waals surface area contributed by atoms with E-state index in [1.807, 2.05) is 0 Å². The van der Waals surface area contributed by atoms with Crippen molar-refractivity contribution in [1.29, 1.82) is 0 Å². The lowest BCUT2D eigenvalue weighted by Gasteiger charge is -2.06. The van der Waals surface area contributed by atoms with Gasteiger partial charge in [0, 0.05) is 23.7 Å². The molecule has 1 aromatic rings. The topological polar surface area (TPSA) is 58.2 Å². The number of carbonyl (C=O) groups excluding carboxylic acids is 2. The number of unbranched alkanes of at least 4 members (excludes halogenated alkanes) is 2. The van der Waals surface area contributed by atoms with Crippen LogP contribution in [0.5, 0.6) is 0 Å². The third-order valence-corrected chi connectivity index (χ3v) is 3.18. The zero-order valence-corrected chi connectivity index (χ0v) is 12.8. The van der Waals surface area contributed by atoms with E-state index in [2.05, 4.69) is 23.3 Å². The fraction of sp³-hybridized carbons (Fsp3) is 0.429. The lowest BCUT2D eigenvalue weighted by molar-refractivity contribution is -0.118. The smallest absolute Gasteiger partial charge is 0.229 e. The van der Waals surface area contributed by atoms with Gasteiger partial charge in [-0.25, -0.2) is 0 Å². The predicted molar refractivity (Wildman–Crippen MR) is 85.4 cm³/mol. The Kier molecular flexibility index (Phi) is 8.14.